The van der Waals surface area contributed by atoms with Crippen LogP contribution in [0.5, 0.6) is 0 Å². The fourth-order valence-corrected chi connectivity index (χ4v) is 2.31. The number of benzene rings is 1. The molecule has 0 saturated carbocycles. The van der Waals surface area contributed by atoms with E-state index in [1.807, 2.05) is 10.6 Å². The van der Waals surface area contributed by atoms with Crippen LogP contribution in [-0.2, 0) is 4.74 Å². The fourth-order valence-electron chi connectivity index (χ4n) is 2.31. The van der Waals surface area contributed by atoms with Gasteiger partial charge in [-0.05, 0) is 25.0 Å². The zero-order valence-electron chi connectivity index (χ0n) is 11.2. The van der Waals surface area contributed by atoms with Gasteiger partial charge in [-0.2, -0.15) is 0 Å². The number of hydrogen-bond acceptors (Lipinski definition) is 3. The predicted octanol–water partition coefficient (Wildman–Crippen LogP) is 2.72. The highest BCUT2D eigenvalue weighted by Gasteiger charge is 2.16. The van der Waals surface area contributed by atoms with E-state index in [2.05, 4.69) is 11.9 Å². The zero-order valence-corrected chi connectivity index (χ0v) is 11.2. The van der Waals surface area contributed by atoms with Crippen LogP contribution in [0.4, 0.5) is 0 Å². The summed E-state index contributed by atoms with van der Waals surface area (Å²) in [5, 5.41) is 9.16. The van der Waals surface area contributed by atoms with Crippen molar-refractivity contribution in [1.82, 2.24) is 9.55 Å². The van der Waals surface area contributed by atoms with E-state index in [1.165, 1.54) is 0 Å². The van der Waals surface area contributed by atoms with E-state index in [0.717, 1.165) is 18.4 Å². The molecule has 1 atom stereocenters. The van der Waals surface area contributed by atoms with Crippen LogP contribution in [0, 0.1) is 0 Å². The molecule has 0 radical (unpaired) electrons. The molecule has 0 saturated heterocycles. The van der Waals surface area contributed by atoms with Gasteiger partial charge in [0.15, 0.2) is 0 Å². The molecule has 1 aromatic carbocycles. The summed E-state index contributed by atoms with van der Waals surface area (Å²) in [6.45, 7) is 2.78. The number of imidazole rings is 1. The summed E-state index contributed by atoms with van der Waals surface area (Å²) in [5.41, 5.74) is 1.66. The summed E-state index contributed by atoms with van der Waals surface area (Å²) in [6.07, 6.45) is 3.56. The first-order chi connectivity index (χ1) is 9.19. The molecular formula is C14H18N2O3. The SMILES string of the molecule is CCC(CCOC)n1cnc2c(C(=O)O)cccc21. The number of carboxylic acids is 1. The Morgan fingerprint density at radius 2 is 2.32 bits per heavy atom. The van der Waals surface area contributed by atoms with Gasteiger partial charge < -0.3 is 14.4 Å². The van der Waals surface area contributed by atoms with Crippen molar-refractivity contribution in [2.45, 2.75) is 25.8 Å². The summed E-state index contributed by atoms with van der Waals surface area (Å²) in [7, 11) is 1.68. The molecule has 2 aromatic rings. The Hall–Kier alpha value is -1.88. The second kappa shape index (κ2) is 5.84. The van der Waals surface area contributed by atoms with Crippen molar-refractivity contribution in [1.29, 1.82) is 0 Å². The van der Waals surface area contributed by atoms with Gasteiger partial charge in [-0.15, -0.1) is 0 Å². The first-order valence-electron chi connectivity index (χ1n) is 6.36. The normalized spacial score (nSPS) is 12.7. The lowest BCUT2D eigenvalue weighted by Crippen LogP contribution is -2.09. The van der Waals surface area contributed by atoms with Gasteiger partial charge in [0.05, 0.1) is 17.4 Å². The third-order valence-corrected chi connectivity index (χ3v) is 3.35. The standard InChI is InChI=1S/C14H18N2O3/c1-3-10(7-8-19-2)16-9-15-13-11(14(17)18)5-4-6-12(13)16/h4-6,9-10H,3,7-8H2,1-2H3,(H,17,18). The Bertz CT molecular complexity index is 577. The number of methoxy groups -OCH3 is 1. The number of rotatable bonds is 6. The highest BCUT2D eigenvalue weighted by Crippen LogP contribution is 2.24. The first kappa shape index (κ1) is 13.5. The first-order valence-corrected chi connectivity index (χ1v) is 6.36. The number of carbonyl (C=O) groups is 1. The van der Waals surface area contributed by atoms with E-state index >= 15 is 0 Å². The van der Waals surface area contributed by atoms with Crippen LogP contribution in [0.2, 0.25) is 0 Å². The highest BCUT2D eigenvalue weighted by atomic mass is 16.5. The molecular weight excluding hydrogens is 244 g/mol. The van der Waals surface area contributed by atoms with E-state index in [1.54, 1.807) is 25.6 Å². The molecule has 1 N–H and O–H groups in total. The predicted molar refractivity (Wildman–Crippen MR) is 72.5 cm³/mol. The minimum atomic E-state index is -0.944. The van der Waals surface area contributed by atoms with Gasteiger partial charge >= 0.3 is 5.97 Å². The van der Waals surface area contributed by atoms with E-state index in [0.29, 0.717) is 12.1 Å². The summed E-state index contributed by atoms with van der Waals surface area (Å²) < 4.78 is 7.16. The second-order valence-electron chi connectivity index (χ2n) is 4.47. The molecule has 2 rings (SSSR count). The Morgan fingerprint density at radius 3 is 2.95 bits per heavy atom. The molecule has 0 aliphatic rings. The van der Waals surface area contributed by atoms with Gasteiger partial charge in [-0.3, -0.25) is 0 Å². The van der Waals surface area contributed by atoms with E-state index in [4.69, 9.17) is 9.84 Å². The van der Waals surface area contributed by atoms with E-state index in [9.17, 15) is 4.79 Å². The van der Waals surface area contributed by atoms with Gasteiger partial charge in [-0.25, -0.2) is 9.78 Å². The molecule has 19 heavy (non-hydrogen) atoms. The molecule has 0 spiro atoms. The molecule has 1 aromatic heterocycles. The Labute approximate surface area is 111 Å². The third-order valence-electron chi connectivity index (χ3n) is 3.35. The van der Waals surface area contributed by atoms with Crippen molar-refractivity contribution in [2.75, 3.05) is 13.7 Å². The number of nitrogens with zero attached hydrogens (tertiary/aromatic N) is 2. The Morgan fingerprint density at radius 1 is 1.53 bits per heavy atom. The minimum absolute atomic E-state index is 0.248. The lowest BCUT2D eigenvalue weighted by atomic mass is 10.1. The Balaban J connectivity index is 2.44. The molecule has 1 unspecified atom stereocenters. The molecule has 5 heteroatoms. The largest absolute Gasteiger partial charge is 0.478 e. The molecule has 102 valence electrons. The van der Waals surface area contributed by atoms with Gasteiger partial charge in [-0.1, -0.05) is 13.0 Å². The van der Waals surface area contributed by atoms with Crippen molar-refractivity contribution in [3.63, 3.8) is 0 Å². The van der Waals surface area contributed by atoms with Crippen molar-refractivity contribution in [2.24, 2.45) is 0 Å². The van der Waals surface area contributed by atoms with Crippen molar-refractivity contribution >= 4 is 17.0 Å². The Kier molecular flexibility index (Phi) is 4.16. The topological polar surface area (TPSA) is 64.4 Å². The maximum Gasteiger partial charge on any atom is 0.337 e. The van der Waals surface area contributed by atoms with Crippen LogP contribution in [0.3, 0.4) is 0 Å². The average Bonchev–Trinajstić information content (AvgIpc) is 2.83. The van der Waals surface area contributed by atoms with Crippen molar-refractivity contribution < 1.29 is 14.6 Å². The minimum Gasteiger partial charge on any atom is -0.478 e. The summed E-state index contributed by atoms with van der Waals surface area (Å²) >= 11 is 0. The number of para-hydroxylation sites is 1. The lowest BCUT2D eigenvalue weighted by molar-refractivity contribution is 0.0699. The summed E-state index contributed by atoms with van der Waals surface area (Å²) in [5.74, 6) is -0.944. The smallest absolute Gasteiger partial charge is 0.337 e. The number of fused-ring (bicyclic) bond motifs is 1. The van der Waals surface area contributed by atoms with Crippen LogP contribution in [0.1, 0.15) is 36.2 Å². The number of aromatic nitrogens is 2. The molecule has 1 heterocycles. The molecule has 0 amide bonds. The monoisotopic (exact) mass is 262 g/mol. The van der Waals surface area contributed by atoms with Gasteiger partial charge in [0.2, 0.25) is 0 Å². The van der Waals surface area contributed by atoms with Gasteiger partial charge in [0.25, 0.3) is 0 Å². The van der Waals surface area contributed by atoms with E-state index in [-0.39, 0.29) is 11.6 Å². The highest BCUT2D eigenvalue weighted by molar-refractivity contribution is 6.00. The quantitative estimate of drug-likeness (QED) is 0.869. The van der Waals surface area contributed by atoms with Crippen molar-refractivity contribution in [3.05, 3.63) is 30.1 Å². The van der Waals surface area contributed by atoms with Gasteiger partial charge in [0.1, 0.15) is 5.52 Å². The van der Waals surface area contributed by atoms with Crippen LogP contribution < -0.4 is 0 Å². The van der Waals surface area contributed by atoms with Crippen LogP contribution in [0.15, 0.2) is 24.5 Å². The van der Waals surface area contributed by atoms with Crippen LogP contribution in [-0.4, -0.2) is 34.3 Å². The fraction of sp³-hybridized carbons (Fsp3) is 0.429. The number of aromatic carboxylic acids is 1. The number of carboxylic acid groups (broad SMARTS) is 1. The molecule has 0 aliphatic carbocycles. The molecule has 0 fully saturated rings. The average molecular weight is 262 g/mol. The summed E-state index contributed by atoms with van der Waals surface area (Å²) in [6, 6.07) is 5.52. The van der Waals surface area contributed by atoms with Gasteiger partial charge in [0, 0.05) is 19.8 Å². The maximum atomic E-state index is 11.2. The number of ether oxygens (including phenoxy) is 1. The second-order valence-corrected chi connectivity index (χ2v) is 4.47. The van der Waals surface area contributed by atoms with Crippen LogP contribution in [0.25, 0.3) is 11.0 Å². The molecule has 5 nitrogen and oxygen atoms in total. The number of hydrogen-bond donors (Lipinski definition) is 1. The van der Waals surface area contributed by atoms with E-state index < -0.39 is 5.97 Å². The zero-order chi connectivity index (χ0) is 13.8. The van der Waals surface area contributed by atoms with Crippen molar-refractivity contribution in [3.8, 4) is 0 Å². The maximum absolute atomic E-state index is 11.2. The van der Waals surface area contributed by atoms with Crippen LogP contribution >= 0.6 is 0 Å². The summed E-state index contributed by atoms with van der Waals surface area (Å²) in [4.78, 5) is 15.4. The molecule has 0 aliphatic heterocycles. The third kappa shape index (κ3) is 2.61. The lowest BCUT2D eigenvalue weighted by Gasteiger charge is -2.17. The molecule has 0 bridgehead atoms.